The number of hydrogen-bond acceptors (Lipinski definition) is 5. The van der Waals surface area contributed by atoms with E-state index in [2.05, 4.69) is 10.4 Å². The molecule has 1 saturated carbocycles. The van der Waals surface area contributed by atoms with Crippen LogP contribution >= 0.6 is 0 Å². The van der Waals surface area contributed by atoms with Gasteiger partial charge in [-0.2, -0.15) is 5.10 Å². The number of nitrogens with zero attached hydrogens (tertiary/aromatic N) is 3. The van der Waals surface area contributed by atoms with Gasteiger partial charge in [0.25, 0.3) is 5.91 Å². The van der Waals surface area contributed by atoms with Gasteiger partial charge in [-0.25, -0.2) is 4.79 Å². The van der Waals surface area contributed by atoms with Crippen molar-refractivity contribution in [2.24, 2.45) is 0 Å². The van der Waals surface area contributed by atoms with E-state index in [4.69, 9.17) is 4.74 Å². The summed E-state index contributed by atoms with van der Waals surface area (Å²) in [4.78, 5) is 41.4. The number of anilines is 1. The maximum absolute atomic E-state index is 13.8. The molecule has 0 spiro atoms. The summed E-state index contributed by atoms with van der Waals surface area (Å²) in [5.74, 6) is -1.14. The predicted molar refractivity (Wildman–Crippen MR) is 124 cm³/mol. The topological polar surface area (TPSA) is 93.5 Å². The summed E-state index contributed by atoms with van der Waals surface area (Å²) in [5, 5.41) is 7.53. The molecule has 0 radical (unpaired) electrons. The van der Waals surface area contributed by atoms with E-state index in [1.807, 2.05) is 31.2 Å². The first-order chi connectivity index (χ1) is 15.9. The van der Waals surface area contributed by atoms with E-state index in [-0.39, 0.29) is 42.4 Å². The van der Waals surface area contributed by atoms with Gasteiger partial charge in [-0.15, -0.1) is 0 Å². The molecule has 1 unspecified atom stereocenters. The summed E-state index contributed by atoms with van der Waals surface area (Å²) in [7, 11) is 0. The average Bonchev–Trinajstić information content (AvgIpc) is 3.24. The number of para-hydroxylation sites is 1. The minimum Gasteiger partial charge on any atom is -0.461 e. The number of rotatable bonds is 6. The smallest absolute Gasteiger partial charge is 0.358 e. The number of carbonyl (C=O) groups is 3. The number of fused-ring (bicyclic) bond motifs is 1. The van der Waals surface area contributed by atoms with E-state index in [1.54, 1.807) is 18.7 Å². The first-order valence-electron chi connectivity index (χ1n) is 11.9. The minimum absolute atomic E-state index is 0.0702. The highest BCUT2D eigenvalue weighted by atomic mass is 16.5. The van der Waals surface area contributed by atoms with E-state index in [0.717, 1.165) is 31.2 Å². The van der Waals surface area contributed by atoms with E-state index in [1.165, 1.54) is 17.2 Å². The molecule has 8 heteroatoms. The zero-order chi connectivity index (χ0) is 23.6. The fraction of sp³-hybridized carbons (Fsp3) is 0.520. The summed E-state index contributed by atoms with van der Waals surface area (Å²) >= 11 is 0. The lowest BCUT2D eigenvalue weighted by atomic mass is 9.90. The number of ether oxygens (including phenoxy) is 1. The Bertz CT molecular complexity index is 1060. The fourth-order valence-corrected chi connectivity index (χ4v) is 4.88. The third-order valence-corrected chi connectivity index (χ3v) is 6.68. The Hall–Kier alpha value is -3.16. The molecule has 2 aliphatic rings. The first-order valence-corrected chi connectivity index (χ1v) is 11.9. The van der Waals surface area contributed by atoms with Crippen LogP contribution in [0.3, 0.4) is 0 Å². The Balaban J connectivity index is 1.77. The van der Waals surface area contributed by atoms with Crippen molar-refractivity contribution in [3.63, 3.8) is 0 Å². The predicted octanol–water partition coefficient (Wildman–Crippen LogP) is 3.49. The van der Waals surface area contributed by atoms with Gasteiger partial charge in [-0.1, -0.05) is 44.4 Å². The van der Waals surface area contributed by atoms with Crippen LogP contribution in [0.25, 0.3) is 0 Å². The van der Waals surface area contributed by atoms with E-state index < -0.39 is 11.5 Å². The molecule has 1 aromatic carbocycles. The highest BCUT2D eigenvalue weighted by molar-refractivity contribution is 6.12. The third kappa shape index (κ3) is 4.26. The fourth-order valence-electron chi connectivity index (χ4n) is 4.88. The third-order valence-electron chi connectivity index (χ3n) is 6.68. The monoisotopic (exact) mass is 452 g/mol. The molecule has 1 aromatic heterocycles. The second kappa shape index (κ2) is 9.37. The Morgan fingerprint density at radius 2 is 1.91 bits per heavy atom. The van der Waals surface area contributed by atoms with E-state index in [9.17, 15) is 14.4 Å². The van der Waals surface area contributed by atoms with Crippen molar-refractivity contribution in [3.05, 3.63) is 47.3 Å². The van der Waals surface area contributed by atoms with Crippen LogP contribution in [0.5, 0.6) is 0 Å². The zero-order valence-corrected chi connectivity index (χ0v) is 19.6. The Morgan fingerprint density at radius 1 is 1.18 bits per heavy atom. The molecule has 176 valence electrons. The van der Waals surface area contributed by atoms with Crippen molar-refractivity contribution in [1.29, 1.82) is 0 Å². The molecule has 8 nitrogen and oxygen atoms in total. The quantitative estimate of drug-likeness (QED) is 0.677. The molecule has 2 heterocycles. The Kier molecular flexibility index (Phi) is 6.54. The van der Waals surface area contributed by atoms with Gasteiger partial charge < -0.3 is 10.1 Å². The lowest BCUT2D eigenvalue weighted by Gasteiger charge is -2.44. The van der Waals surface area contributed by atoms with Gasteiger partial charge in [0.1, 0.15) is 11.2 Å². The van der Waals surface area contributed by atoms with Gasteiger partial charge >= 0.3 is 5.97 Å². The number of nitrogens with one attached hydrogen (secondary N) is 1. The normalized spacial score (nSPS) is 20.9. The van der Waals surface area contributed by atoms with Crippen LogP contribution in [0.4, 0.5) is 5.69 Å². The van der Waals surface area contributed by atoms with Crippen molar-refractivity contribution in [3.8, 4) is 0 Å². The largest absolute Gasteiger partial charge is 0.461 e. The minimum atomic E-state index is -1.20. The SMILES string of the molecule is CCOC(=O)c1cc2n(n1)CC(C)(C(=O)NC1CCCCC1)N(c1ccccc1CC)C2=O. The zero-order valence-electron chi connectivity index (χ0n) is 19.6. The molecule has 1 aliphatic heterocycles. The second-order valence-electron chi connectivity index (χ2n) is 9.00. The van der Waals surface area contributed by atoms with Crippen molar-refractivity contribution < 1.29 is 19.1 Å². The van der Waals surface area contributed by atoms with Crippen molar-refractivity contribution in [1.82, 2.24) is 15.1 Å². The highest BCUT2D eigenvalue weighted by Crippen LogP contribution is 2.35. The summed E-state index contributed by atoms with van der Waals surface area (Å²) < 4.78 is 6.54. The van der Waals surface area contributed by atoms with Crippen LogP contribution < -0.4 is 10.2 Å². The standard InChI is InChI=1S/C25H32N4O4/c1-4-17-11-9-10-14-20(17)29-22(30)21-15-19(23(31)33-5-2)27-28(21)16-25(29,3)24(32)26-18-12-7-6-8-13-18/h9-11,14-15,18H,4-8,12-13,16H2,1-3H3,(H,26,32). The van der Waals surface area contributed by atoms with Gasteiger partial charge in [-0.05, 0) is 44.7 Å². The molecule has 0 saturated heterocycles. The molecule has 1 atom stereocenters. The summed E-state index contributed by atoms with van der Waals surface area (Å²) in [5.41, 5.74) is 0.815. The number of hydrogen-bond donors (Lipinski definition) is 1. The van der Waals surface area contributed by atoms with Crippen LogP contribution in [-0.2, 0) is 22.5 Å². The van der Waals surface area contributed by atoms with Crippen LogP contribution in [-0.4, -0.2) is 45.8 Å². The molecule has 0 bridgehead atoms. The lowest BCUT2D eigenvalue weighted by Crippen LogP contribution is -2.65. The van der Waals surface area contributed by atoms with Crippen LogP contribution in [0.2, 0.25) is 0 Å². The molecule has 4 rings (SSSR count). The van der Waals surface area contributed by atoms with Crippen LogP contribution in [0, 0.1) is 0 Å². The van der Waals surface area contributed by atoms with Gasteiger partial charge in [0, 0.05) is 17.8 Å². The first kappa shape index (κ1) is 23.0. The molecule has 2 amide bonds. The summed E-state index contributed by atoms with van der Waals surface area (Å²) in [6.07, 6.45) is 5.98. The van der Waals surface area contributed by atoms with Crippen LogP contribution in [0.15, 0.2) is 30.3 Å². The van der Waals surface area contributed by atoms with Gasteiger partial charge in [0.05, 0.1) is 13.2 Å². The molecular weight excluding hydrogens is 420 g/mol. The van der Waals surface area contributed by atoms with E-state index >= 15 is 0 Å². The van der Waals surface area contributed by atoms with Crippen molar-refractivity contribution in [2.75, 3.05) is 11.5 Å². The maximum Gasteiger partial charge on any atom is 0.358 e. The van der Waals surface area contributed by atoms with Crippen molar-refractivity contribution >= 4 is 23.5 Å². The molecule has 33 heavy (non-hydrogen) atoms. The van der Waals surface area contributed by atoms with Crippen molar-refractivity contribution in [2.45, 2.75) is 77.4 Å². The van der Waals surface area contributed by atoms with E-state index in [0.29, 0.717) is 12.1 Å². The highest BCUT2D eigenvalue weighted by Gasteiger charge is 2.50. The second-order valence-corrected chi connectivity index (χ2v) is 9.00. The Labute approximate surface area is 194 Å². The maximum atomic E-state index is 13.8. The number of aromatic nitrogens is 2. The Morgan fingerprint density at radius 3 is 2.61 bits per heavy atom. The number of benzene rings is 1. The number of aryl methyl sites for hydroxylation is 1. The summed E-state index contributed by atoms with van der Waals surface area (Å²) in [6.45, 7) is 5.88. The summed E-state index contributed by atoms with van der Waals surface area (Å²) in [6, 6.07) is 9.21. The molecule has 1 aliphatic carbocycles. The average molecular weight is 453 g/mol. The number of esters is 1. The van der Waals surface area contributed by atoms with Crippen LogP contribution in [0.1, 0.15) is 79.4 Å². The number of carbonyl (C=O) groups excluding carboxylic acids is 3. The van der Waals surface area contributed by atoms with Gasteiger partial charge in [0.2, 0.25) is 5.91 Å². The lowest BCUT2D eigenvalue weighted by molar-refractivity contribution is -0.127. The molecule has 2 aromatic rings. The molecule has 1 fully saturated rings. The molecule has 1 N–H and O–H groups in total. The number of amides is 2. The van der Waals surface area contributed by atoms with Gasteiger partial charge in [0.15, 0.2) is 5.69 Å². The molecular formula is C25H32N4O4. The van der Waals surface area contributed by atoms with Gasteiger partial charge in [-0.3, -0.25) is 19.2 Å².